The number of rotatable bonds is 11. The smallest absolute Gasteiger partial charge is 0.338 e. The predicted octanol–water partition coefficient (Wildman–Crippen LogP) is 10.1. The lowest BCUT2D eigenvalue weighted by Gasteiger charge is -2.56. The quantitative estimate of drug-likeness (QED) is 0.108. The third-order valence-corrected chi connectivity index (χ3v) is 12.1. The SMILES string of the molecule is CC[C@@H](C)[C@H]1C=C[C@H]2[C@H](OC(=O)c3ccc(Br)cc3)[C@H](OC(=O)c3ccc(Br)cc3)C[C@@H](C)[C@@H]2[C@@]1(C)C(=O)CCOC(=O)c1ccc(Br)cc1. The Hall–Kier alpha value is -3.08. The molecular weight excluding hydrogens is 832 g/mol. The van der Waals surface area contributed by atoms with Gasteiger partial charge in [-0.1, -0.05) is 94.1 Å². The van der Waals surface area contributed by atoms with Crippen LogP contribution >= 0.6 is 47.8 Å². The monoisotopic (exact) mass is 870 g/mol. The number of hydrogen-bond acceptors (Lipinski definition) is 7. The molecule has 0 aliphatic heterocycles. The molecule has 0 bridgehead atoms. The minimum atomic E-state index is -0.874. The third kappa shape index (κ3) is 8.34. The largest absolute Gasteiger partial charge is 0.462 e. The van der Waals surface area contributed by atoms with Gasteiger partial charge in [0, 0.05) is 31.2 Å². The Kier molecular flexibility index (Phi) is 12.6. The molecule has 1 saturated carbocycles. The fourth-order valence-electron chi connectivity index (χ4n) is 7.79. The van der Waals surface area contributed by atoms with Crippen molar-refractivity contribution in [3.8, 4) is 0 Å². The number of esters is 3. The molecule has 50 heavy (non-hydrogen) atoms. The van der Waals surface area contributed by atoms with Gasteiger partial charge in [0.25, 0.3) is 0 Å². The van der Waals surface area contributed by atoms with Gasteiger partial charge < -0.3 is 14.2 Å². The molecule has 0 radical (unpaired) electrons. The van der Waals surface area contributed by atoms with Crippen LogP contribution < -0.4 is 0 Å². The van der Waals surface area contributed by atoms with Crippen molar-refractivity contribution < 1.29 is 33.4 Å². The van der Waals surface area contributed by atoms with Crippen molar-refractivity contribution >= 4 is 71.5 Å². The predicted molar refractivity (Wildman–Crippen MR) is 202 cm³/mol. The molecule has 0 N–H and O–H groups in total. The summed E-state index contributed by atoms with van der Waals surface area (Å²) in [5.41, 5.74) is 0.283. The lowest BCUT2D eigenvalue weighted by molar-refractivity contribution is -0.155. The van der Waals surface area contributed by atoms with E-state index in [9.17, 15) is 19.2 Å². The van der Waals surface area contributed by atoms with Crippen LogP contribution in [0.1, 0.15) is 78.0 Å². The number of benzene rings is 3. The summed E-state index contributed by atoms with van der Waals surface area (Å²) in [5.74, 6) is -2.22. The Morgan fingerprint density at radius 2 is 1.24 bits per heavy atom. The van der Waals surface area contributed by atoms with Crippen LogP contribution in [0.3, 0.4) is 0 Å². The first kappa shape index (κ1) is 38.2. The van der Waals surface area contributed by atoms with E-state index in [2.05, 4.69) is 80.7 Å². The standard InChI is InChI=1S/C40H41Br3O7/c1-5-23(2)32-19-18-31-35(40(32,4)34(44)20-21-48-37(45)25-6-12-28(41)13-7-25)24(3)22-33(49-38(46)26-8-14-29(42)15-9-26)36(31)50-39(47)27-10-16-30(43)17-11-27/h6-19,23-24,31-33,35-36H,5,20-22H2,1-4H3/t23-,24-,31-,32-,33-,35+,36+,40-/m1/s1. The van der Waals surface area contributed by atoms with Crippen molar-refractivity contribution in [2.75, 3.05) is 6.61 Å². The van der Waals surface area contributed by atoms with Crippen molar-refractivity contribution in [2.24, 2.45) is 35.0 Å². The maximum absolute atomic E-state index is 14.5. The second kappa shape index (κ2) is 16.5. The van der Waals surface area contributed by atoms with Crippen LogP contribution in [0.4, 0.5) is 0 Å². The Labute approximate surface area is 318 Å². The van der Waals surface area contributed by atoms with Crippen molar-refractivity contribution in [1.82, 2.24) is 0 Å². The summed E-state index contributed by atoms with van der Waals surface area (Å²) in [7, 11) is 0. The highest BCUT2D eigenvalue weighted by Crippen LogP contribution is 2.57. The van der Waals surface area contributed by atoms with Crippen molar-refractivity contribution in [2.45, 2.75) is 59.2 Å². The molecule has 0 saturated heterocycles. The van der Waals surface area contributed by atoms with Crippen molar-refractivity contribution in [1.29, 1.82) is 0 Å². The summed E-state index contributed by atoms with van der Waals surface area (Å²) in [6.07, 6.45) is 3.86. The zero-order valence-corrected chi connectivity index (χ0v) is 33.2. The van der Waals surface area contributed by atoms with Gasteiger partial charge in [-0.25, -0.2) is 14.4 Å². The summed E-state index contributed by atoms with van der Waals surface area (Å²) in [4.78, 5) is 54.4. The number of ketones is 1. The van der Waals surface area contributed by atoms with E-state index in [0.29, 0.717) is 23.1 Å². The highest BCUT2D eigenvalue weighted by atomic mass is 79.9. The maximum atomic E-state index is 14.5. The van der Waals surface area contributed by atoms with E-state index in [4.69, 9.17) is 14.2 Å². The average molecular weight is 873 g/mol. The first-order valence-corrected chi connectivity index (χ1v) is 19.3. The number of fused-ring (bicyclic) bond motifs is 1. The van der Waals surface area contributed by atoms with E-state index in [1.54, 1.807) is 72.8 Å². The molecule has 2 aliphatic rings. The molecule has 5 rings (SSSR count). The van der Waals surface area contributed by atoms with Gasteiger partial charge in [0.2, 0.25) is 0 Å². The van der Waals surface area contributed by atoms with E-state index >= 15 is 0 Å². The second-order valence-electron chi connectivity index (χ2n) is 13.5. The van der Waals surface area contributed by atoms with Gasteiger partial charge in [-0.05, 0) is 103 Å². The van der Waals surface area contributed by atoms with Crippen molar-refractivity contribution in [3.05, 3.63) is 115 Å². The van der Waals surface area contributed by atoms with Gasteiger partial charge >= 0.3 is 17.9 Å². The summed E-state index contributed by atoms with van der Waals surface area (Å²) >= 11 is 10.2. The van der Waals surface area contributed by atoms with E-state index in [1.165, 1.54) is 0 Å². The highest BCUT2D eigenvalue weighted by molar-refractivity contribution is 9.11. The van der Waals surface area contributed by atoms with Gasteiger partial charge in [-0.15, -0.1) is 0 Å². The summed E-state index contributed by atoms with van der Waals surface area (Å²) in [6, 6.07) is 20.7. The number of Topliss-reactive ketones (excluding diaryl/α,β-unsaturated/α-hetero) is 1. The second-order valence-corrected chi connectivity index (χ2v) is 16.3. The number of halogens is 3. The van der Waals surface area contributed by atoms with Crippen LogP contribution in [0.5, 0.6) is 0 Å². The minimum absolute atomic E-state index is 0.0131. The average Bonchev–Trinajstić information content (AvgIpc) is 3.10. The number of hydrogen-bond donors (Lipinski definition) is 0. The molecule has 7 nitrogen and oxygen atoms in total. The van der Waals surface area contributed by atoms with Crippen LogP contribution in [-0.4, -0.2) is 42.5 Å². The molecule has 10 heteroatoms. The summed E-state index contributed by atoms with van der Waals surface area (Å²) in [6.45, 7) is 8.30. The van der Waals surface area contributed by atoms with E-state index in [1.807, 2.05) is 6.92 Å². The van der Waals surface area contributed by atoms with E-state index < -0.39 is 41.4 Å². The molecule has 1 fully saturated rings. The topological polar surface area (TPSA) is 96.0 Å². The lowest BCUT2D eigenvalue weighted by Crippen LogP contribution is -2.59. The zero-order chi connectivity index (χ0) is 36.2. The van der Waals surface area contributed by atoms with Gasteiger partial charge in [-0.2, -0.15) is 0 Å². The highest BCUT2D eigenvalue weighted by Gasteiger charge is 2.59. The zero-order valence-electron chi connectivity index (χ0n) is 28.4. The van der Waals surface area contributed by atoms with Gasteiger partial charge in [0.15, 0.2) is 0 Å². The number of allylic oxidation sites excluding steroid dienone is 1. The van der Waals surface area contributed by atoms with Crippen LogP contribution in [0.2, 0.25) is 0 Å². The Morgan fingerprint density at radius 3 is 1.74 bits per heavy atom. The van der Waals surface area contributed by atoms with Gasteiger partial charge in [-0.3, -0.25) is 4.79 Å². The Morgan fingerprint density at radius 1 is 0.760 bits per heavy atom. The molecule has 0 spiro atoms. The Balaban J connectivity index is 1.45. The van der Waals surface area contributed by atoms with Gasteiger partial charge in [0.1, 0.15) is 18.0 Å². The molecule has 0 aromatic heterocycles. The molecule has 0 heterocycles. The summed E-state index contributed by atoms with van der Waals surface area (Å²) < 4.78 is 20.5. The van der Waals surface area contributed by atoms with Gasteiger partial charge in [0.05, 0.1) is 23.3 Å². The minimum Gasteiger partial charge on any atom is -0.462 e. The molecule has 8 atom stereocenters. The molecule has 0 amide bonds. The van der Waals surface area contributed by atoms with Crippen molar-refractivity contribution in [3.63, 3.8) is 0 Å². The Bertz CT molecular complexity index is 1720. The number of carbonyl (C=O) groups excluding carboxylic acids is 4. The van der Waals surface area contributed by atoms with Crippen LogP contribution in [0.15, 0.2) is 98.4 Å². The molecule has 3 aromatic carbocycles. The first-order chi connectivity index (χ1) is 23.8. The summed E-state index contributed by atoms with van der Waals surface area (Å²) in [5, 5.41) is 0. The maximum Gasteiger partial charge on any atom is 0.338 e. The normalized spacial score (nSPS) is 26.3. The van der Waals surface area contributed by atoms with Crippen LogP contribution in [0.25, 0.3) is 0 Å². The van der Waals surface area contributed by atoms with Crippen LogP contribution in [-0.2, 0) is 19.0 Å². The molecular formula is C40H41Br3O7. The molecule has 264 valence electrons. The fourth-order valence-corrected chi connectivity index (χ4v) is 8.58. The third-order valence-electron chi connectivity index (χ3n) is 10.5. The van der Waals surface area contributed by atoms with Crippen LogP contribution in [0, 0.1) is 35.0 Å². The number of carbonyl (C=O) groups is 4. The van der Waals surface area contributed by atoms with E-state index in [-0.39, 0.29) is 42.5 Å². The number of ether oxygens (including phenoxy) is 3. The molecule has 0 unspecified atom stereocenters. The molecule has 2 aliphatic carbocycles. The van der Waals surface area contributed by atoms with E-state index in [0.717, 1.165) is 19.8 Å². The molecule has 3 aromatic rings. The fraction of sp³-hybridized carbons (Fsp3) is 0.400. The first-order valence-electron chi connectivity index (χ1n) is 16.9. The lowest BCUT2D eigenvalue weighted by atomic mass is 9.49.